The van der Waals surface area contributed by atoms with Gasteiger partial charge in [-0.3, -0.25) is 4.99 Å². The van der Waals surface area contributed by atoms with Gasteiger partial charge in [-0.05, 0) is 23.3 Å². The predicted octanol–water partition coefficient (Wildman–Crippen LogP) is 1.98. The number of pyridine rings is 1. The van der Waals surface area contributed by atoms with E-state index in [2.05, 4.69) is 20.6 Å². The van der Waals surface area contributed by atoms with Crippen molar-refractivity contribution >= 4 is 5.96 Å². The molecule has 0 amide bonds. The van der Waals surface area contributed by atoms with Gasteiger partial charge in [-0.1, -0.05) is 18.2 Å². The lowest BCUT2D eigenvalue weighted by molar-refractivity contribution is 0.143. The third kappa shape index (κ3) is 6.60. The molecule has 1 aromatic heterocycles. The summed E-state index contributed by atoms with van der Waals surface area (Å²) in [6.07, 6.45) is 1.78. The number of guanidine groups is 1. The van der Waals surface area contributed by atoms with Crippen molar-refractivity contribution in [2.75, 3.05) is 34.5 Å². The van der Waals surface area contributed by atoms with Crippen LogP contribution in [0, 0.1) is 0 Å². The second kappa shape index (κ2) is 10.9. The topological polar surface area (TPSA) is 77.0 Å². The van der Waals surface area contributed by atoms with E-state index in [1.807, 2.05) is 36.4 Å². The maximum absolute atomic E-state index is 5.45. The lowest BCUT2D eigenvalue weighted by Gasteiger charge is -2.12. The number of aromatic nitrogens is 1. The number of aliphatic imine (C=N–C) groups is 1. The molecule has 140 valence electrons. The average molecular weight is 358 g/mol. The molecule has 0 aliphatic heterocycles. The Balaban J connectivity index is 1.79. The van der Waals surface area contributed by atoms with Gasteiger partial charge >= 0.3 is 0 Å². The highest BCUT2D eigenvalue weighted by Crippen LogP contribution is 2.12. The quantitative estimate of drug-likeness (QED) is 0.405. The van der Waals surface area contributed by atoms with Crippen molar-refractivity contribution < 1.29 is 14.2 Å². The van der Waals surface area contributed by atoms with Crippen LogP contribution in [0.5, 0.6) is 11.6 Å². The second-order valence-electron chi connectivity index (χ2n) is 5.48. The normalized spacial score (nSPS) is 11.1. The lowest BCUT2D eigenvalue weighted by atomic mass is 10.2. The van der Waals surface area contributed by atoms with E-state index in [1.165, 1.54) is 0 Å². The molecule has 0 radical (unpaired) electrons. The highest BCUT2D eigenvalue weighted by atomic mass is 16.5. The maximum atomic E-state index is 5.45. The van der Waals surface area contributed by atoms with Crippen molar-refractivity contribution in [3.05, 3.63) is 53.7 Å². The van der Waals surface area contributed by atoms with Gasteiger partial charge in [-0.15, -0.1) is 0 Å². The van der Waals surface area contributed by atoms with Crippen LogP contribution in [-0.4, -0.2) is 45.4 Å². The summed E-state index contributed by atoms with van der Waals surface area (Å²) >= 11 is 0. The Morgan fingerprint density at radius 2 is 1.85 bits per heavy atom. The fourth-order valence-corrected chi connectivity index (χ4v) is 2.21. The van der Waals surface area contributed by atoms with Crippen molar-refractivity contribution in [2.45, 2.75) is 13.1 Å². The molecule has 0 fully saturated rings. The van der Waals surface area contributed by atoms with Gasteiger partial charge in [-0.2, -0.15) is 0 Å². The summed E-state index contributed by atoms with van der Waals surface area (Å²) in [6, 6.07) is 11.7. The summed E-state index contributed by atoms with van der Waals surface area (Å²) in [7, 11) is 5.04. The zero-order valence-electron chi connectivity index (χ0n) is 15.5. The minimum atomic E-state index is 0.488. The zero-order valence-corrected chi connectivity index (χ0v) is 15.5. The molecule has 0 unspecified atom stereocenters. The van der Waals surface area contributed by atoms with E-state index in [0.717, 1.165) is 16.9 Å². The van der Waals surface area contributed by atoms with Gasteiger partial charge in [0.05, 0.1) is 13.7 Å². The number of nitrogens with one attached hydrogen (secondary N) is 2. The zero-order chi connectivity index (χ0) is 18.6. The van der Waals surface area contributed by atoms with Crippen LogP contribution in [0.2, 0.25) is 0 Å². The molecule has 2 N–H and O–H groups in total. The molecule has 0 saturated heterocycles. The van der Waals surface area contributed by atoms with Crippen molar-refractivity contribution in [1.29, 1.82) is 0 Å². The van der Waals surface area contributed by atoms with E-state index >= 15 is 0 Å². The highest BCUT2D eigenvalue weighted by molar-refractivity contribution is 5.79. The third-order valence-corrected chi connectivity index (χ3v) is 3.61. The number of ether oxygens (including phenoxy) is 3. The minimum Gasteiger partial charge on any atom is -0.497 e. The van der Waals surface area contributed by atoms with Crippen molar-refractivity contribution in [3.63, 3.8) is 0 Å². The Morgan fingerprint density at radius 1 is 1.04 bits per heavy atom. The van der Waals surface area contributed by atoms with Crippen LogP contribution in [0.25, 0.3) is 0 Å². The van der Waals surface area contributed by atoms with E-state index in [0.29, 0.717) is 38.1 Å². The highest BCUT2D eigenvalue weighted by Gasteiger charge is 2.02. The van der Waals surface area contributed by atoms with Gasteiger partial charge in [0.25, 0.3) is 0 Å². The van der Waals surface area contributed by atoms with E-state index in [4.69, 9.17) is 14.2 Å². The van der Waals surface area contributed by atoms with Crippen molar-refractivity contribution in [3.8, 4) is 11.6 Å². The molecule has 0 aliphatic carbocycles. The molecule has 0 spiro atoms. The van der Waals surface area contributed by atoms with Crippen molar-refractivity contribution in [2.24, 2.45) is 4.99 Å². The summed E-state index contributed by atoms with van der Waals surface area (Å²) in [5, 5.41) is 6.54. The molecular formula is C19H26N4O3. The predicted molar refractivity (Wildman–Crippen MR) is 102 cm³/mol. The lowest BCUT2D eigenvalue weighted by Crippen LogP contribution is -2.36. The molecule has 0 aliphatic rings. The molecule has 0 atom stereocenters. The summed E-state index contributed by atoms with van der Waals surface area (Å²) in [5.41, 5.74) is 2.15. The summed E-state index contributed by atoms with van der Waals surface area (Å²) < 4.78 is 15.6. The largest absolute Gasteiger partial charge is 0.497 e. The summed E-state index contributed by atoms with van der Waals surface area (Å²) in [5.74, 6) is 2.14. The standard InChI is InChI=1S/C19H26N4O3/c1-20-19(22-12-15-5-4-6-17(11-15)25-3)23-14-16-7-8-18(21-13-16)26-10-9-24-2/h4-8,11,13H,9-10,12,14H2,1-3H3,(H2,20,22,23). The van der Waals surface area contributed by atoms with E-state index in [9.17, 15) is 0 Å². The SMILES string of the molecule is CN=C(NCc1ccc(OCCOC)nc1)NCc1cccc(OC)c1. The number of benzene rings is 1. The van der Waals surface area contributed by atoms with Gasteiger partial charge in [0.2, 0.25) is 5.88 Å². The first-order valence-electron chi connectivity index (χ1n) is 8.39. The molecule has 2 rings (SSSR count). The van der Waals surface area contributed by atoms with E-state index in [1.54, 1.807) is 27.5 Å². The van der Waals surface area contributed by atoms with Crippen LogP contribution >= 0.6 is 0 Å². The number of rotatable bonds is 9. The van der Waals surface area contributed by atoms with Gasteiger partial charge < -0.3 is 24.8 Å². The third-order valence-electron chi connectivity index (χ3n) is 3.61. The number of nitrogens with zero attached hydrogens (tertiary/aromatic N) is 2. The van der Waals surface area contributed by atoms with Crippen LogP contribution < -0.4 is 20.1 Å². The Morgan fingerprint density at radius 3 is 2.50 bits per heavy atom. The molecular weight excluding hydrogens is 332 g/mol. The Hall–Kier alpha value is -2.80. The Kier molecular flexibility index (Phi) is 8.21. The Labute approximate surface area is 154 Å². The fraction of sp³-hybridized carbons (Fsp3) is 0.368. The summed E-state index contributed by atoms with van der Waals surface area (Å²) in [4.78, 5) is 8.51. The smallest absolute Gasteiger partial charge is 0.213 e. The monoisotopic (exact) mass is 358 g/mol. The van der Waals surface area contributed by atoms with Gasteiger partial charge in [-0.25, -0.2) is 4.98 Å². The van der Waals surface area contributed by atoms with Gasteiger partial charge in [0.15, 0.2) is 5.96 Å². The molecule has 7 nitrogen and oxygen atoms in total. The number of hydrogen-bond donors (Lipinski definition) is 2. The van der Waals surface area contributed by atoms with Crippen LogP contribution in [0.4, 0.5) is 0 Å². The first-order valence-corrected chi connectivity index (χ1v) is 8.39. The molecule has 1 heterocycles. The van der Waals surface area contributed by atoms with Crippen LogP contribution in [-0.2, 0) is 17.8 Å². The van der Waals surface area contributed by atoms with Gasteiger partial charge in [0, 0.05) is 39.5 Å². The van der Waals surface area contributed by atoms with Crippen molar-refractivity contribution in [1.82, 2.24) is 15.6 Å². The van der Waals surface area contributed by atoms with Crippen LogP contribution in [0.1, 0.15) is 11.1 Å². The number of hydrogen-bond acceptors (Lipinski definition) is 5. The second-order valence-corrected chi connectivity index (χ2v) is 5.48. The summed E-state index contributed by atoms with van der Waals surface area (Å²) in [6.45, 7) is 2.30. The van der Waals surface area contributed by atoms with Crippen LogP contribution in [0.15, 0.2) is 47.6 Å². The Bertz CT molecular complexity index is 689. The van der Waals surface area contributed by atoms with E-state index in [-0.39, 0.29) is 0 Å². The van der Waals surface area contributed by atoms with Crippen LogP contribution in [0.3, 0.4) is 0 Å². The van der Waals surface area contributed by atoms with Gasteiger partial charge in [0.1, 0.15) is 12.4 Å². The average Bonchev–Trinajstić information content (AvgIpc) is 2.69. The number of methoxy groups -OCH3 is 2. The molecule has 1 aromatic carbocycles. The molecule has 7 heteroatoms. The maximum Gasteiger partial charge on any atom is 0.213 e. The fourth-order valence-electron chi connectivity index (χ4n) is 2.21. The first-order chi connectivity index (χ1) is 12.7. The molecule has 0 saturated carbocycles. The first kappa shape index (κ1) is 19.5. The molecule has 2 aromatic rings. The minimum absolute atomic E-state index is 0.488. The molecule has 26 heavy (non-hydrogen) atoms. The van der Waals surface area contributed by atoms with E-state index < -0.39 is 0 Å². The molecule has 0 bridgehead atoms.